The molecule has 0 aromatic carbocycles. The van der Waals surface area contributed by atoms with E-state index in [-0.39, 0.29) is 24.2 Å². The fraction of sp³-hybridized carbons (Fsp3) is 0.636. The van der Waals surface area contributed by atoms with Crippen LogP contribution in [-0.2, 0) is 4.79 Å². The highest BCUT2D eigenvalue weighted by Gasteiger charge is 2.59. The number of carbonyl (C=O) groups excluding carboxylic acids is 1. The highest BCUT2D eigenvalue weighted by Crippen LogP contribution is 2.53. The summed E-state index contributed by atoms with van der Waals surface area (Å²) in [5.41, 5.74) is -0.850. The molecule has 0 aromatic heterocycles. The molecular weight excluding hydrogens is 195 g/mol. The molecule has 2 rings (SSSR count). The molecule has 2 aliphatic rings. The number of hydrogen-bond donors (Lipinski definition) is 0. The second kappa shape index (κ2) is 3.34. The van der Waals surface area contributed by atoms with E-state index >= 15 is 0 Å². The molecule has 0 radical (unpaired) electrons. The largest absolute Gasteiger partial charge is 0.334 e. The summed E-state index contributed by atoms with van der Waals surface area (Å²) >= 11 is 0. The van der Waals surface area contributed by atoms with Gasteiger partial charge in [0.25, 0.3) is 0 Å². The molecule has 1 fully saturated rings. The van der Waals surface area contributed by atoms with Crippen LogP contribution in [0.25, 0.3) is 0 Å². The minimum absolute atomic E-state index is 0.0367. The summed E-state index contributed by atoms with van der Waals surface area (Å²) in [6.07, 6.45) is 2.66. The third kappa shape index (κ3) is 1.52. The minimum atomic E-state index is -0.850. The van der Waals surface area contributed by atoms with E-state index in [1.165, 1.54) is 11.0 Å². The van der Waals surface area contributed by atoms with E-state index in [0.717, 1.165) is 0 Å². The van der Waals surface area contributed by atoms with Gasteiger partial charge in [-0.1, -0.05) is 6.92 Å². The lowest BCUT2D eigenvalue weighted by Gasteiger charge is -2.26. The number of amides is 1. The molecule has 1 amide bonds. The molecule has 2 atom stereocenters. The molecule has 0 spiro atoms. The smallest absolute Gasteiger partial charge is 0.243 e. The first-order valence-corrected chi connectivity index (χ1v) is 5.15. The highest BCUT2D eigenvalue weighted by atomic mass is 19.1. The Morgan fingerprint density at radius 1 is 1.80 bits per heavy atom. The van der Waals surface area contributed by atoms with Gasteiger partial charge in [0.2, 0.25) is 5.91 Å². The first-order valence-electron chi connectivity index (χ1n) is 5.15. The number of halogens is 1. The standard InChI is InChI=1S/C11H13FN2O/c1-8-5-11(8,7-13)10(15)14-4-2-3-9(12)6-14/h3,8H,2,4-6H2,1H3. The SMILES string of the molecule is CC1CC1(C#N)C(=O)N1CCC=C(F)C1. The molecular formula is C11H13FN2O. The number of hydrogen-bond acceptors (Lipinski definition) is 2. The predicted molar refractivity (Wildman–Crippen MR) is 52.2 cm³/mol. The van der Waals surface area contributed by atoms with Gasteiger partial charge in [-0.2, -0.15) is 5.26 Å². The number of nitrogens with zero attached hydrogens (tertiary/aromatic N) is 2. The molecule has 2 unspecified atom stereocenters. The van der Waals surface area contributed by atoms with E-state index in [4.69, 9.17) is 5.26 Å². The van der Waals surface area contributed by atoms with Crippen molar-refractivity contribution in [3.8, 4) is 6.07 Å². The molecule has 0 aromatic rings. The van der Waals surface area contributed by atoms with Crippen LogP contribution in [-0.4, -0.2) is 23.9 Å². The molecule has 0 saturated heterocycles. The van der Waals surface area contributed by atoms with Crippen molar-refractivity contribution in [1.82, 2.24) is 4.90 Å². The van der Waals surface area contributed by atoms with Crippen molar-refractivity contribution in [3.05, 3.63) is 11.9 Å². The predicted octanol–water partition coefficient (Wildman–Crippen LogP) is 1.62. The number of rotatable bonds is 1. The zero-order valence-electron chi connectivity index (χ0n) is 8.66. The lowest BCUT2D eigenvalue weighted by Crippen LogP contribution is -2.40. The van der Waals surface area contributed by atoms with Crippen molar-refractivity contribution in [2.24, 2.45) is 11.3 Å². The van der Waals surface area contributed by atoms with Gasteiger partial charge in [-0.3, -0.25) is 4.79 Å². The van der Waals surface area contributed by atoms with Crippen molar-refractivity contribution in [1.29, 1.82) is 5.26 Å². The number of carbonyl (C=O) groups is 1. The summed E-state index contributed by atoms with van der Waals surface area (Å²) in [5.74, 6) is -0.347. The van der Waals surface area contributed by atoms with Crippen LogP contribution in [0.1, 0.15) is 19.8 Å². The van der Waals surface area contributed by atoms with Gasteiger partial charge < -0.3 is 4.90 Å². The van der Waals surface area contributed by atoms with Crippen molar-refractivity contribution >= 4 is 5.91 Å². The summed E-state index contributed by atoms with van der Waals surface area (Å²) in [7, 11) is 0. The summed E-state index contributed by atoms with van der Waals surface area (Å²) in [5, 5.41) is 8.99. The zero-order valence-corrected chi connectivity index (χ0v) is 8.66. The fourth-order valence-corrected chi connectivity index (χ4v) is 2.08. The molecule has 15 heavy (non-hydrogen) atoms. The normalized spacial score (nSPS) is 34.3. The second-order valence-corrected chi connectivity index (χ2v) is 4.35. The molecule has 0 N–H and O–H groups in total. The van der Waals surface area contributed by atoms with Gasteiger partial charge in [-0.15, -0.1) is 0 Å². The van der Waals surface area contributed by atoms with Crippen LogP contribution in [0.15, 0.2) is 11.9 Å². The summed E-state index contributed by atoms with van der Waals surface area (Å²) < 4.78 is 13.0. The van der Waals surface area contributed by atoms with Gasteiger partial charge >= 0.3 is 0 Å². The summed E-state index contributed by atoms with van der Waals surface area (Å²) in [4.78, 5) is 13.4. The summed E-state index contributed by atoms with van der Waals surface area (Å²) in [6.45, 7) is 2.45. The molecule has 80 valence electrons. The van der Waals surface area contributed by atoms with Crippen LogP contribution in [0.3, 0.4) is 0 Å². The van der Waals surface area contributed by atoms with Gasteiger partial charge in [0.15, 0.2) is 0 Å². The van der Waals surface area contributed by atoms with E-state index in [1.807, 2.05) is 6.92 Å². The topological polar surface area (TPSA) is 44.1 Å². The Labute approximate surface area is 88.2 Å². The lowest BCUT2D eigenvalue weighted by molar-refractivity contribution is -0.135. The van der Waals surface area contributed by atoms with Crippen molar-refractivity contribution in [2.75, 3.05) is 13.1 Å². The molecule has 1 heterocycles. The van der Waals surface area contributed by atoms with Gasteiger partial charge in [0.05, 0.1) is 12.6 Å². The van der Waals surface area contributed by atoms with Gasteiger partial charge in [0.1, 0.15) is 11.2 Å². The Balaban J connectivity index is 2.10. The molecule has 1 saturated carbocycles. The van der Waals surface area contributed by atoms with Crippen LogP contribution < -0.4 is 0 Å². The van der Waals surface area contributed by atoms with E-state index in [9.17, 15) is 9.18 Å². The third-order valence-electron chi connectivity index (χ3n) is 3.28. The maximum atomic E-state index is 13.0. The van der Waals surface area contributed by atoms with Crippen molar-refractivity contribution < 1.29 is 9.18 Å². The Bertz CT molecular complexity index is 371. The van der Waals surface area contributed by atoms with E-state index in [1.54, 1.807) is 0 Å². The lowest BCUT2D eigenvalue weighted by atomic mass is 10.0. The molecule has 3 nitrogen and oxygen atoms in total. The fourth-order valence-electron chi connectivity index (χ4n) is 2.08. The average Bonchev–Trinajstić information content (AvgIpc) is 2.90. The quantitative estimate of drug-likeness (QED) is 0.657. The van der Waals surface area contributed by atoms with Gasteiger partial charge in [-0.05, 0) is 24.8 Å². The average molecular weight is 208 g/mol. The van der Waals surface area contributed by atoms with Gasteiger partial charge in [-0.25, -0.2) is 4.39 Å². The van der Waals surface area contributed by atoms with E-state index in [0.29, 0.717) is 19.4 Å². The molecule has 1 aliphatic carbocycles. The Hall–Kier alpha value is -1.37. The van der Waals surface area contributed by atoms with Crippen LogP contribution >= 0.6 is 0 Å². The Kier molecular flexibility index (Phi) is 2.26. The Morgan fingerprint density at radius 3 is 2.93 bits per heavy atom. The van der Waals surface area contributed by atoms with Gasteiger partial charge in [0, 0.05) is 6.54 Å². The molecule has 0 bridgehead atoms. The first kappa shape index (κ1) is 10.2. The molecule has 4 heteroatoms. The maximum absolute atomic E-state index is 13.0. The first-order chi connectivity index (χ1) is 7.10. The van der Waals surface area contributed by atoms with Crippen LogP contribution in [0.4, 0.5) is 4.39 Å². The van der Waals surface area contributed by atoms with Crippen molar-refractivity contribution in [2.45, 2.75) is 19.8 Å². The minimum Gasteiger partial charge on any atom is -0.334 e. The van der Waals surface area contributed by atoms with Crippen LogP contribution in [0, 0.1) is 22.7 Å². The molecule has 1 aliphatic heterocycles. The number of nitriles is 1. The summed E-state index contributed by atoms with van der Waals surface area (Å²) in [6, 6.07) is 2.08. The third-order valence-corrected chi connectivity index (χ3v) is 3.28. The zero-order chi connectivity index (χ0) is 11.1. The van der Waals surface area contributed by atoms with Crippen molar-refractivity contribution in [3.63, 3.8) is 0 Å². The second-order valence-electron chi connectivity index (χ2n) is 4.35. The van der Waals surface area contributed by atoms with Crippen LogP contribution in [0.2, 0.25) is 0 Å². The monoisotopic (exact) mass is 208 g/mol. The van der Waals surface area contributed by atoms with E-state index in [2.05, 4.69) is 6.07 Å². The maximum Gasteiger partial charge on any atom is 0.243 e. The highest BCUT2D eigenvalue weighted by molar-refractivity contribution is 5.89. The van der Waals surface area contributed by atoms with E-state index < -0.39 is 5.41 Å². The Morgan fingerprint density at radius 2 is 2.47 bits per heavy atom. The van der Waals surface area contributed by atoms with Crippen LogP contribution in [0.5, 0.6) is 0 Å².